The van der Waals surface area contributed by atoms with E-state index >= 15 is 0 Å². The zero-order chi connectivity index (χ0) is 18.8. The third-order valence-corrected chi connectivity index (χ3v) is 6.04. The molecule has 0 bridgehead atoms. The fourth-order valence-electron chi connectivity index (χ4n) is 2.29. The number of rotatable bonds is 6. The number of halogens is 1. The van der Waals surface area contributed by atoms with Crippen molar-refractivity contribution in [3.63, 3.8) is 0 Å². The highest BCUT2D eigenvalue weighted by Gasteiger charge is 2.25. The molecule has 0 aliphatic heterocycles. The highest BCUT2D eigenvalue weighted by Crippen LogP contribution is 2.26. The number of ether oxygens (including phenoxy) is 1. The first-order valence-corrected chi connectivity index (χ1v) is 9.46. The van der Waals surface area contributed by atoms with E-state index in [-0.39, 0.29) is 23.6 Å². The molecule has 0 saturated heterocycles. The predicted molar refractivity (Wildman–Crippen MR) is 94.2 cm³/mol. The molecular weight excluding hydrogens is 366 g/mol. The Bertz CT molecular complexity index is 888. The van der Waals surface area contributed by atoms with Gasteiger partial charge < -0.3 is 9.15 Å². The molecule has 6 nitrogen and oxygen atoms in total. The van der Waals surface area contributed by atoms with Crippen molar-refractivity contribution in [3.05, 3.63) is 51.9 Å². The zero-order valence-electron chi connectivity index (χ0n) is 14.5. The molecule has 1 heterocycles. The number of nitrogens with zero attached hydrogens (tertiary/aromatic N) is 1. The second kappa shape index (κ2) is 7.59. The van der Waals surface area contributed by atoms with Gasteiger partial charge in [0, 0.05) is 12.1 Å². The van der Waals surface area contributed by atoms with Crippen molar-refractivity contribution in [1.82, 2.24) is 4.31 Å². The maximum absolute atomic E-state index is 12.8. The van der Waals surface area contributed by atoms with E-state index in [9.17, 15) is 13.2 Å². The summed E-state index contributed by atoms with van der Waals surface area (Å²) < 4.78 is 36.9. The molecule has 0 amide bonds. The average molecular weight is 386 g/mol. The van der Waals surface area contributed by atoms with E-state index in [0.29, 0.717) is 21.9 Å². The van der Waals surface area contributed by atoms with Crippen LogP contribution in [0.1, 0.15) is 34.2 Å². The highest BCUT2D eigenvalue weighted by molar-refractivity contribution is 7.89. The summed E-state index contributed by atoms with van der Waals surface area (Å²) >= 11 is 6.04. The third kappa shape index (κ3) is 4.23. The van der Waals surface area contributed by atoms with Crippen molar-refractivity contribution in [2.75, 3.05) is 13.7 Å². The number of hydrogen-bond acceptors (Lipinski definition) is 5. The minimum atomic E-state index is -3.73. The van der Waals surface area contributed by atoms with Gasteiger partial charge in [0.2, 0.25) is 10.0 Å². The van der Waals surface area contributed by atoms with Gasteiger partial charge in [-0.2, -0.15) is 4.31 Å². The van der Waals surface area contributed by atoms with Gasteiger partial charge in [-0.25, -0.2) is 13.2 Å². The maximum atomic E-state index is 12.8. The normalized spacial score (nSPS) is 11.8. The lowest BCUT2D eigenvalue weighted by Crippen LogP contribution is -2.27. The second-order valence-electron chi connectivity index (χ2n) is 5.65. The number of esters is 1. The summed E-state index contributed by atoms with van der Waals surface area (Å²) in [4.78, 5) is 11.8. The molecule has 136 valence electrons. The summed E-state index contributed by atoms with van der Waals surface area (Å²) in [6.07, 6.45) is 1.26. The van der Waals surface area contributed by atoms with E-state index in [1.54, 1.807) is 32.9 Å². The van der Waals surface area contributed by atoms with E-state index in [0.717, 1.165) is 4.31 Å². The summed E-state index contributed by atoms with van der Waals surface area (Å²) in [7, 11) is -2.28. The number of carbonyl (C=O) groups is 1. The van der Waals surface area contributed by atoms with Gasteiger partial charge in [0.15, 0.2) is 0 Å². The predicted octanol–water partition coefficient (Wildman–Crippen LogP) is 3.55. The van der Waals surface area contributed by atoms with E-state index in [2.05, 4.69) is 0 Å². The molecule has 1 aromatic heterocycles. The van der Waals surface area contributed by atoms with Crippen molar-refractivity contribution in [3.8, 4) is 0 Å². The quantitative estimate of drug-likeness (QED) is 0.710. The molecule has 0 aliphatic rings. The van der Waals surface area contributed by atoms with Gasteiger partial charge in [-0.15, -0.1) is 0 Å². The lowest BCUT2D eigenvalue weighted by molar-refractivity contribution is 0.0525. The number of hydrogen-bond donors (Lipinski definition) is 0. The van der Waals surface area contributed by atoms with Crippen molar-refractivity contribution in [2.45, 2.75) is 32.2 Å². The number of carbonyl (C=O) groups excluding carboxylic acids is 1. The first-order chi connectivity index (χ1) is 11.7. The molecule has 2 rings (SSSR count). The van der Waals surface area contributed by atoms with Crippen LogP contribution in [0.4, 0.5) is 0 Å². The number of furan rings is 1. The highest BCUT2D eigenvalue weighted by atomic mass is 35.5. The van der Waals surface area contributed by atoms with E-state index in [1.165, 1.54) is 19.4 Å². The molecule has 8 heteroatoms. The molecule has 0 spiro atoms. The molecule has 25 heavy (non-hydrogen) atoms. The van der Waals surface area contributed by atoms with Gasteiger partial charge in [0.25, 0.3) is 0 Å². The van der Waals surface area contributed by atoms with Crippen molar-refractivity contribution in [2.24, 2.45) is 0 Å². The first kappa shape index (κ1) is 19.5. The van der Waals surface area contributed by atoms with Gasteiger partial charge in [-0.3, -0.25) is 0 Å². The van der Waals surface area contributed by atoms with Crippen LogP contribution < -0.4 is 0 Å². The molecular formula is C17H20ClNO5S. The van der Waals surface area contributed by atoms with Crippen molar-refractivity contribution < 1.29 is 22.4 Å². The molecule has 0 unspecified atom stereocenters. The molecule has 0 atom stereocenters. The van der Waals surface area contributed by atoms with Gasteiger partial charge in [-0.1, -0.05) is 11.6 Å². The zero-order valence-corrected chi connectivity index (χ0v) is 16.1. The average Bonchev–Trinajstić information content (AvgIpc) is 2.99. The smallest absolute Gasteiger partial charge is 0.341 e. The Kier molecular flexibility index (Phi) is 5.92. The summed E-state index contributed by atoms with van der Waals surface area (Å²) in [6.45, 7) is 5.39. The molecule has 0 saturated carbocycles. The standard InChI is InChI=1S/C17H20ClNO5S/c1-5-23-17(20)13-8-14(24-10-13)9-19(4)25(21,22)16-7-11(2)15(18)6-12(16)3/h6-8,10H,5,9H2,1-4H3. The topological polar surface area (TPSA) is 76.8 Å². The molecule has 0 N–H and O–H groups in total. The number of sulfonamides is 1. The van der Waals surface area contributed by atoms with Crippen LogP contribution in [0, 0.1) is 13.8 Å². The fraction of sp³-hybridized carbons (Fsp3) is 0.353. The van der Waals surface area contributed by atoms with Crippen LogP contribution >= 0.6 is 11.6 Å². The summed E-state index contributed by atoms with van der Waals surface area (Å²) in [5.41, 5.74) is 1.50. The van der Waals surface area contributed by atoms with Crippen molar-refractivity contribution in [1.29, 1.82) is 0 Å². The SMILES string of the molecule is CCOC(=O)c1coc(CN(C)S(=O)(=O)c2cc(C)c(Cl)cc2C)c1. The second-order valence-corrected chi connectivity index (χ2v) is 8.07. The largest absolute Gasteiger partial charge is 0.467 e. The Hall–Kier alpha value is -1.83. The van der Waals surface area contributed by atoms with E-state index in [1.807, 2.05) is 0 Å². The van der Waals surface area contributed by atoms with Crippen LogP contribution in [-0.4, -0.2) is 32.3 Å². The Morgan fingerprint density at radius 3 is 2.56 bits per heavy atom. The number of benzene rings is 1. The van der Waals surface area contributed by atoms with E-state index in [4.69, 9.17) is 20.8 Å². The summed E-state index contributed by atoms with van der Waals surface area (Å²) in [5.74, 6) is -0.162. The van der Waals surface area contributed by atoms with E-state index < -0.39 is 16.0 Å². The third-order valence-electron chi connectivity index (χ3n) is 3.69. The minimum Gasteiger partial charge on any atom is -0.467 e. The van der Waals surface area contributed by atoms with Gasteiger partial charge in [-0.05, 0) is 50.1 Å². The van der Waals surface area contributed by atoms with Crippen LogP contribution in [0.3, 0.4) is 0 Å². The fourth-order valence-corrected chi connectivity index (χ4v) is 3.93. The van der Waals surface area contributed by atoms with Gasteiger partial charge >= 0.3 is 5.97 Å². The Balaban J connectivity index is 2.24. The van der Waals surface area contributed by atoms with Crippen molar-refractivity contribution >= 4 is 27.6 Å². The Morgan fingerprint density at radius 1 is 1.24 bits per heavy atom. The molecule has 0 aliphatic carbocycles. The van der Waals surface area contributed by atoms with Gasteiger partial charge in [0.05, 0.1) is 23.6 Å². The first-order valence-electron chi connectivity index (χ1n) is 7.64. The summed E-state index contributed by atoms with van der Waals surface area (Å²) in [6, 6.07) is 4.66. The Labute approximate surface area is 152 Å². The molecule has 0 fully saturated rings. The molecule has 2 aromatic rings. The number of aryl methyl sites for hydroxylation is 2. The van der Waals surface area contributed by atoms with Crippen LogP contribution in [0.15, 0.2) is 33.8 Å². The lowest BCUT2D eigenvalue weighted by Gasteiger charge is -2.18. The lowest BCUT2D eigenvalue weighted by atomic mass is 10.2. The summed E-state index contributed by atoms with van der Waals surface area (Å²) in [5, 5.41) is 0.518. The van der Waals surface area contributed by atoms with Crippen LogP contribution in [-0.2, 0) is 21.3 Å². The monoisotopic (exact) mass is 385 g/mol. The Morgan fingerprint density at radius 2 is 1.92 bits per heavy atom. The molecule has 0 radical (unpaired) electrons. The maximum Gasteiger partial charge on any atom is 0.341 e. The van der Waals surface area contributed by atoms with Crippen LogP contribution in [0.5, 0.6) is 0 Å². The van der Waals surface area contributed by atoms with Crippen LogP contribution in [0.2, 0.25) is 5.02 Å². The minimum absolute atomic E-state index is 0.0111. The van der Waals surface area contributed by atoms with Gasteiger partial charge in [0.1, 0.15) is 12.0 Å². The van der Waals surface area contributed by atoms with Crippen LogP contribution in [0.25, 0.3) is 0 Å². The molecule has 1 aromatic carbocycles.